The van der Waals surface area contributed by atoms with Crippen molar-refractivity contribution in [2.45, 2.75) is 118 Å². The van der Waals surface area contributed by atoms with Crippen LogP contribution in [0.5, 0.6) is 0 Å². The second-order valence-electron chi connectivity index (χ2n) is 14.7. The molecule has 0 bridgehead atoms. The van der Waals surface area contributed by atoms with Crippen LogP contribution in [-0.4, -0.2) is 32.6 Å². The third kappa shape index (κ3) is 5.65. The van der Waals surface area contributed by atoms with E-state index < -0.39 is 0 Å². The van der Waals surface area contributed by atoms with Crippen molar-refractivity contribution in [3.05, 3.63) is 94.6 Å². The Morgan fingerprint density at radius 3 is 0.812 bits per heavy atom. The van der Waals surface area contributed by atoms with Crippen molar-refractivity contribution in [3.63, 3.8) is 0 Å². The highest BCUT2D eigenvalue weighted by atomic mass is 15.1. The van der Waals surface area contributed by atoms with Gasteiger partial charge in [-0.25, -0.2) is 9.98 Å². The van der Waals surface area contributed by atoms with Gasteiger partial charge < -0.3 is 9.80 Å². The average molecular weight is 645 g/mol. The van der Waals surface area contributed by atoms with E-state index in [2.05, 4.69) is 149 Å². The topological polar surface area (TPSA) is 31.2 Å². The van der Waals surface area contributed by atoms with E-state index in [1.165, 1.54) is 112 Å². The van der Waals surface area contributed by atoms with E-state index in [0.717, 1.165) is 22.8 Å². The number of rotatable bonds is 5. The minimum absolute atomic E-state index is 1.07. The van der Waals surface area contributed by atoms with E-state index in [-0.39, 0.29) is 0 Å². The van der Waals surface area contributed by atoms with Crippen LogP contribution in [0, 0.1) is 90.0 Å². The first-order valence-corrected chi connectivity index (χ1v) is 17.4. The second-order valence-corrected chi connectivity index (χ2v) is 14.7. The predicted molar refractivity (Wildman–Crippen MR) is 214 cm³/mol. The number of nitrogens with zero attached hydrogens (tertiary/aromatic N) is 4. The Morgan fingerprint density at radius 1 is 0.292 bits per heavy atom. The average Bonchev–Trinajstić information content (AvgIpc) is 3.03. The third-order valence-electron chi connectivity index (χ3n) is 12.2. The molecule has 4 nitrogen and oxygen atoms in total. The molecule has 0 unspecified atom stereocenters. The summed E-state index contributed by atoms with van der Waals surface area (Å²) in [5.41, 5.74) is 29.9. The maximum Gasteiger partial charge on any atom is 0.0702 e. The lowest BCUT2D eigenvalue weighted by molar-refractivity contribution is 1.05. The number of anilines is 3. The number of hydrogen-bond acceptors (Lipinski definition) is 4. The van der Waals surface area contributed by atoms with Crippen LogP contribution in [0.2, 0.25) is 0 Å². The van der Waals surface area contributed by atoms with Gasteiger partial charge in [-0.3, -0.25) is 0 Å². The fourth-order valence-electron chi connectivity index (χ4n) is 7.98. The zero-order valence-electron chi connectivity index (χ0n) is 33.8. The summed E-state index contributed by atoms with van der Waals surface area (Å²) in [6.07, 6.45) is 0. The molecule has 4 heteroatoms. The van der Waals surface area contributed by atoms with Gasteiger partial charge in [-0.2, -0.15) is 0 Å². The standard InChI is InChI=1S/C44H60N4/c1-21-22(2)24(4)38(25(5)23(21)3)45-39-26(6)28(8)40(29(9)27(39)7)46-41-30(10)32(12)43(33(13)31(41)11)48(20)44-36(16)34(14)42(47(18)19)35(15)37(44)17/h1-20H3. The van der Waals surface area contributed by atoms with Gasteiger partial charge in [0.05, 0.1) is 22.8 Å². The molecule has 256 valence electrons. The Hall–Kier alpha value is -3.92. The van der Waals surface area contributed by atoms with Crippen molar-refractivity contribution >= 4 is 39.9 Å². The third-order valence-corrected chi connectivity index (χ3v) is 12.2. The molecular formula is C44H60N4. The molecule has 1 aliphatic rings. The number of hydrogen-bond donors (Lipinski definition) is 0. The van der Waals surface area contributed by atoms with Crippen LogP contribution in [0.25, 0.3) is 0 Å². The van der Waals surface area contributed by atoms with Crippen molar-refractivity contribution in [2.24, 2.45) is 9.98 Å². The maximum atomic E-state index is 5.51. The summed E-state index contributed by atoms with van der Waals surface area (Å²) in [6.45, 7) is 38.0. The van der Waals surface area contributed by atoms with Crippen molar-refractivity contribution < 1.29 is 0 Å². The van der Waals surface area contributed by atoms with Gasteiger partial charge in [0.25, 0.3) is 0 Å². The molecule has 3 aromatic rings. The SMILES string of the molecule is CC1=C(C)C(=Nc2c(C)c(C)c(N(C)c3c(C)c(C)c(N(C)C)c(C)c3C)c(C)c2C)C(C)=C(C)C1=Nc1c(C)c(C)c(C)c(C)c1C. The number of benzene rings is 3. The smallest absolute Gasteiger partial charge is 0.0702 e. The second kappa shape index (κ2) is 13.2. The number of allylic oxidation sites excluding steroid dienone is 4. The van der Waals surface area contributed by atoms with Gasteiger partial charge in [0.1, 0.15) is 0 Å². The van der Waals surface area contributed by atoms with E-state index in [1.54, 1.807) is 0 Å². The monoisotopic (exact) mass is 644 g/mol. The van der Waals surface area contributed by atoms with E-state index in [1.807, 2.05) is 0 Å². The van der Waals surface area contributed by atoms with E-state index in [0.29, 0.717) is 0 Å². The minimum atomic E-state index is 1.07. The molecule has 0 radical (unpaired) electrons. The summed E-state index contributed by atoms with van der Waals surface area (Å²) in [7, 11) is 6.52. The molecule has 1 aliphatic carbocycles. The predicted octanol–water partition coefficient (Wildman–Crippen LogP) is 12.1. The fourth-order valence-corrected chi connectivity index (χ4v) is 7.98. The maximum absolute atomic E-state index is 5.51. The van der Waals surface area contributed by atoms with E-state index in [9.17, 15) is 0 Å². The van der Waals surface area contributed by atoms with Gasteiger partial charge >= 0.3 is 0 Å². The molecule has 0 saturated heterocycles. The van der Waals surface area contributed by atoms with Crippen molar-refractivity contribution in [1.82, 2.24) is 0 Å². The van der Waals surface area contributed by atoms with Crippen molar-refractivity contribution in [1.29, 1.82) is 0 Å². The largest absolute Gasteiger partial charge is 0.377 e. The molecule has 0 heterocycles. The molecule has 3 aromatic carbocycles. The first-order chi connectivity index (χ1) is 22.2. The lowest BCUT2D eigenvalue weighted by Gasteiger charge is -2.33. The van der Waals surface area contributed by atoms with Crippen LogP contribution in [0.15, 0.2) is 32.3 Å². The molecule has 4 rings (SSSR count). The van der Waals surface area contributed by atoms with Gasteiger partial charge in [0.15, 0.2) is 0 Å². The zero-order chi connectivity index (χ0) is 36.4. The van der Waals surface area contributed by atoms with Gasteiger partial charge in [-0.05, 0) is 212 Å². The zero-order valence-corrected chi connectivity index (χ0v) is 33.8. The molecule has 0 N–H and O–H groups in total. The summed E-state index contributed by atoms with van der Waals surface area (Å²) in [4.78, 5) is 15.6. The summed E-state index contributed by atoms with van der Waals surface area (Å²) in [6, 6.07) is 0. The molecule has 0 aromatic heterocycles. The van der Waals surface area contributed by atoms with E-state index >= 15 is 0 Å². The number of aliphatic imine (C=N–C) groups is 2. The van der Waals surface area contributed by atoms with Crippen LogP contribution < -0.4 is 9.80 Å². The van der Waals surface area contributed by atoms with Gasteiger partial charge in [-0.15, -0.1) is 0 Å². The fraction of sp³-hybridized carbons (Fsp3) is 0.455. The lowest BCUT2D eigenvalue weighted by atomic mass is 9.84. The van der Waals surface area contributed by atoms with E-state index in [4.69, 9.17) is 9.98 Å². The summed E-state index contributed by atoms with van der Waals surface area (Å²) >= 11 is 0. The van der Waals surface area contributed by atoms with Crippen LogP contribution in [0.1, 0.15) is 100 Å². The molecule has 0 aliphatic heterocycles. The lowest BCUT2D eigenvalue weighted by Crippen LogP contribution is -2.21. The van der Waals surface area contributed by atoms with Crippen molar-refractivity contribution in [3.8, 4) is 0 Å². The Bertz CT molecular complexity index is 1890. The summed E-state index contributed by atoms with van der Waals surface area (Å²) in [5.74, 6) is 0. The molecule has 0 amide bonds. The Morgan fingerprint density at radius 2 is 0.521 bits per heavy atom. The highest BCUT2D eigenvalue weighted by molar-refractivity contribution is 6.29. The quantitative estimate of drug-likeness (QED) is 0.259. The minimum Gasteiger partial charge on any atom is -0.377 e. The molecule has 0 saturated carbocycles. The van der Waals surface area contributed by atoms with Crippen molar-refractivity contribution in [2.75, 3.05) is 30.9 Å². The normalized spacial score (nSPS) is 13.6. The van der Waals surface area contributed by atoms with Crippen LogP contribution in [0.3, 0.4) is 0 Å². The Kier molecular flexibility index (Phi) is 10.1. The Balaban J connectivity index is 1.90. The van der Waals surface area contributed by atoms with Gasteiger partial charge in [0, 0.05) is 38.2 Å². The first kappa shape index (κ1) is 36.9. The molecule has 0 fully saturated rings. The highest BCUT2D eigenvalue weighted by Crippen LogP contribution is 2.45. The molecule has 48 heavy (non-hydrogen) atoms. The Labute approximate surface area is 292 Å². The molecule has 0 atom stereocenters. The molecular weight excluding hydrogens is 585 g/mol. The molecule has 0 spiro atoms. The van der Waals surface area contributed by atoms with Crippen LogP contribution >= 0.6 is 0 Å². The van der Waals surface area contributed by atoms with Crippen LogP contribution in [-0.2, 0) is 0 Å². The summed E-state index contributed by atoms with van der Waals surface area (Å²) < 4.78 is 0. The summed E-state index contributed by atoms with van der Waals surface area (Å²) in [5, 5.41) is 0. The first-order valence-electron chi connectivity index (χ1n) is 17.4. The highest BCUT2D eigenvalue weighted by Gasteiger charge is 2.27. The van der Waals surface area contributed by atoms with Crippen LogP contribution in [0.4, 0.5) is 28.4 Å². The van der Waals surface area contributed by atoms with Gasteiger partial charge in [-0.1, -0.05) is 0 Å². The van der Waals surface area contributed by atoms with Gasteiger partial charge in [0.2, 0.25) is 0 Å².